The molecule has 0 N–H and O–H groups in total. The Bertz CT molecular complexity index is 107. The molecule has 0 aliphatic heterocycles. The zero-order valence-corrected chi connectivity index (χ0v) is 7.30. The van der Waals surface area contributed by atoms with Crippen molar-refractivity contribution in [1.29, 1.82) is 0 Å². The minimum Gasteiger partial charge on any atom is -0.438 e. The quantitative estimate of drug-likeness (QED) is 0.272. The lowest BCUT2D eigenvalue weighted by atomic mass is 10.8. The van der Waals surface area contributed by atoms with E-state index in [-0.39, 0.29) is 18.5 Å². The Labute approximate surface area is 71.2 Å². The molecule has 0 fully saturated rings. The minimum absolute atomic E-state index is 0.0250. The summed E-state index contributed by atoms with van der Waals surface area (Å²) in [6.07, 6.45) is 0. The van der Waals surface area contributed by atoms with Gasteiger partial charge in [0.1, 0.15) is 0 Å². The van der Waals surface area contributed by atoms with Crippen LogP contribution < -0.4 is 0 Å². The van der Waals surface area contributed by atoms with Crippen LogP contribution >= 0.6 is 12.6 Å². The van der Waals surface area contributed by atoms with Crippen molar-refractivity contribution in [2.24, 2.45) is 0 Å². The largest absolute Gasteiger partial charge is 0.438 e. The van der Waals surface area contributed by atoms with E-state index in [0.29, 0.717) is 13.2 Å². The third kappa shape index (κ3) is 7.64. The number of carbonyl (C=O) groups excluding carboxylic acids is 1. The van der Waals surface area contributed by atoms with Crippen molar-refractivity contribution in [3.8, 4) is 0 Å². The highest BCUT2D eigenvalue weighted by atomic mass is 32.1. The van der Waals surface area contributed by atoms with Crippen LogP contribution in [0.15, 0.2) is 0 Å². The highest BCUT2D eigenvalue weighted by Gasteiger charge is 1.96. The lowest BCUT2D eigenvalue weighted by Crippen LogP contribution is -2.11. The summed E-state index contributed by atoms with van der Waals surface area (Å²) in [5.74, 6) is -0.307. The van der Waals surface area contributed by atoms with Gasteiger partial charge in [-0.05, 0) is 0 Å². The molecule has 0 aliphatic rings. The molecule has 0 aliphatic carbocycles. The zero-order valence-electron chi connectivity index (χ0n) is 6.41. The molecule has 0 aromatic carbocycles. The van der Waals surface area contributed by atoms with Crippen molar-refractivity contribution in [2.75, 3.05) is 32.9 Å². The molecule has 4 nitrogen and oxygen atoms in total. The molecule has 0 saturated heterocycles. The summed E-state index contributed by atoms with van der Waals surface area (Å²) < 4.78 is 14.1. The third-order valence-electron chi connectivity index (χ3n) is 0.864. The Balaban J connectivity index is 2.95. The molecule has 0 rings (SSSR count). The second-order valence-corrected chi connectivity index (χ2v) is 2.01. The Kier molecular flexibility index (Phi) is 7.66. The second kappa shape index (κ2) is 7.84. The molecule has 0 unspecified atom stereocenters. The van der Waals surface area contributed by atoms with E-state index in [9.17, 15) is 4.79 Å². The van der Waals surface area contributed by atoms with Crippen LogP contribution in [0, 0.1) is 0 Å². The number of hydrogen-bond donors (Lipinski definition) is 1. The van der Waals surface area contributed by atoms with E-state index in [0.717, 1.165) is 0 Å². The van der Waals surface area contributed by atoms with Crippen molar-refractivity contribution in [3.63, 3.8) is 0 Å². The fourth-order valence-electron chi connectivity index (χ4n) is 0.354. The average molecular weight is 180 g/mol. The van der Waals surface area contributed by atoms with E-state index in [1.54, 1.807) is 7.11 Å². The summed E-state index contributed by atoms with van der Waals surface area (Å²) >= 11 is 3.70. The molecule has 0 aromatic heterocycles. The van der Waals surface area contributed by atoms with E-state index in [1.807, 2.05) is 0 Å². The Hall–Kier alpha value is -0.260. The van der Waals surface area contributed by atoms with Gasteiger partial charge in [-0.15, -0.1) is 0 Å². The summed E-state index contributed by atoms with van der Waals surface area (Å²) in [5.41, 5.74) is 0. The lowest BCUT2D eigenvalue weighted by Gasteiger charge is -2.03. The number of esters is 1. The summed E-state index contributed by atoms with van der Waals surface area (Å²) in [6, 6.07) is 0. The second-order valence-electron chi connectivity index (χ2n) is 1.69. The molecular formula is C6H12O4S. The van der Waals surface area contributed by atoms with Gasteiger partial charge in [0.2, 0.25) is 0 Å². The van der Waals surface area contributed by atoms with Crippen LogP contribution in [-0.2, 0) is 19.0 Å². The maximum atomic E-state index is 10.4. The predicted octanol–water partition coefficient (Wildman–Crippen LogP) is 0.0799. The van der Waals surface area contributed by atoms with E-state index in [4.69, 9.17) is 9.47 Å². The van der Waals surface area contributed by atoms with Gasteiger partial charge in [0.05, 0.1) is 19.0 Å². The number of ether oxygens (including phenoxy) is 3. The van der Waals surface area contributed by atoms with Gasteiger partial charge in [0.15, 0.2) is 6.79 Å². The fraction of sp³-hybridized carbons (Fsp3) is 0.833. The van der Waals surface area contributed by atoms with Crippen molar-refractivity contribution >= 4 is 18.6 Å². The topological polar surface area (TPSA) is 44.8 Å². The molecule has 5 heteroatoms. The van der Waals surface area contributed by atoms with Crippen LogP contribution in [0.1, 0.15) is 0 Å². The first kappa shape index (κ1) is 10.7. The van der Waals surface area contributed by atoms with Gasteiger partial charge in [0.25, 0.3) is 0 Å². The number of carbonyl (C=O) groups is 1. The van der Waals surface area contributed by atoms with Crippen LogP contribution in [0.25, 0.3) is 0 Å². The van der Waals surface area contributed by atoms with Gasteiger partial charge in [-0.1, -0.05) is 0 Å². The molecule has 11 heavy (non-hydrogen) atoms. The summed E-state index contributed by atoms with van der Waals surface area (Å²) in [4.78, 5) is 10.4. The minimum atomic E-state index is -0.384. The van der Waals surface area contributed by atoms with Crippen LogP contribution in [0.3, 0.4) is 0 Å². The molecule has 0 atom stereocenters. The van der Waals surface area contributed by atoms with Gasteiger partial charge in [-0.2, -0.15) is 12.6 Å². The Morgan fingerprint density at radius 2 is 2.18 bits per heavy atom. The van der Waals surface area contributed by atoms with Gasteiger partial charge in [-0.25, -0.2) is 0 Å². The van der Waals surface area contributed by atoms with Gasteiger partial charge < -0.3 is 14.2 Å². The van der Waals surface area contributed by atoms with Gasteiger partial charge in [0, 0.05) is 7.11 Å². The molecule has 0 spiro atoms. The average Bonchev–Trinajstić information content (AvgIpc) is 2.04. The predicted molar refractivity (Wildman–Crippen MR) is 42.6 cm³/mol. The van der Waals surface area contributed by atoms with Crippen molar-refractivity contribution < 1.29 is 19.0 Å². The van der Waals surface area contributed by atoms with Crippen LogP contribution in [-0.4, -0.2) is 38.8 Å². The first-order valence-corrected chi connectivity index (χ1v) is 3.77. The monoisotopic (exact) mass is 180 g/mol. The smallest absolute Gasteiger partial charge is 0.317 e. The van der Waals surface area contributed by atoms with E-state index in [1.165, 1.54) is 0 Å². The molecule has 0 radical (unpaired) electrons. The number of methoxy groups -OCH3 is 1. The first-order valence-electron chi connectivity index (χ1n) is 3.14. The molecular weight excluding hydrogens is 168 g/mol. The van der Waals surface area contributed by atoms with Crippen LogP contribution in [0.4, 0.5) is 0 Å². The van der Waals surface area contributed by atoms with E-state index in [2.05, 4.69) is 17.4 Å². The zero-order chi connectivity index (χ0) is 8.53. The fourth-order valence-corrected chi connectivity index (χ4v) is 0.446. The first-order chi connectivity index (χ1) is 5.31. The Morgan fingerprint density at radius 3 is 2.73 bits per heavy atom. The van der Waals surface area contributed by atoms with Crippen molar-refractivity contribution in [3.05, 3.63) is 0 Å². The van der Waals surface area contributed by atoms with Crippen LogP contribution in [0.2, 0.25) is 0 Å². The number of thiol groups is 1. The van der Waals surface area contributed by atoms with Crippen molar-refractivity contribution in [2.45, 2.75) is 0 Å². The summed E-state index contributed by atoms with van der Waals surface area (Å²) in [7, 11) is 1.57. The number of hydrogen-bond acceptors (Lipinski definition) is 5. The highest BCUT2D eigenvalue weighted by molar-refractivity contribution is 7.81. The van der Waals surface area contributed by atoms with Crippen molar-refractivity contribution in [1.82, 2.24) is 0 Å². The summed E-state index contributed by atoms with van der Waals surface area (Å²) in [5, 5.41) is 0. The van der Waals surface area contributed by atoms with Gasteiger partial charge >= 0.3 is 5.97 Å². The Morgan fingerprint density at radius 1 is 1.45 bits per heavy atom. The number of rotatable bonds is 6. The molecule has 66 valence electrons. The third-order valence-corrected chi connectivity index (χ3v) is 1.12. The molecule has 0 aromatic rings. The maximum Gasteiger partial charge on any atom is 0.317 e. The SMILES string of the molecule is COCCOCOC(=O)CS. The molecule has 0 amide bonds. The standard InChI is InChI=1S/C6H12O4S/c1-8-2-3-9-5-10-6(7)4-11/h11H,2-5H2,1H3. The van der Waals surface area contributed by atoms with Gasteiger partial charge in [-0.3, -0.25) is 4.79 Å². The maximum absolute atomic E-state index is 10.4. The highest BCUT2D eigenvalue weighted by Crippen LogP contribution is 1.83. The normalized spacial score (nSPS) is 9.64. The lowest BCUT2D eigenvalue weighted by molar-refractivity contribution is -0.153. The van der Waals surface area contributed by atoms with E-state index >= 15 is 0 Å². The molecule has 0 heterocycles. The van der Waals surface area contributed by atoms with E-state index < -0.39 is 0 Å². The molecule has 0 bridgehead atoms. The molecule has 0 saturated carbocycles. The summed E-state index contributed by atoms with van der Waals surface area (Å²) in [6.45, 7) is 0.900. The van der Waals surface area contributed by atoms with Crippen LogP contribution in [0.5, 0.6) is 0 Å².